The van der Waals surface area contributed by atoms with Crippen LogP contribution in [-0.2, 0) is 0 Å². The van der Waals surface area contributed by atoms with Gasteiger partial charge in [-0.2, -0.15) is 19.3 Å². The minimum absolute atomic E-state index is 0.378. The molecule has 78 valence electrons. The number of likely N-dealkylation sites (tertiary alicyclic amines) is 1. The summed E-state index contributed by atoms with van der Waals surface area (Å²) >= 11 is 0. The van der Waals surface area contributed by atoms with E-state index in [-0.39, 0.29) is 0 Å². The van der Waals surface area contributed by atoms with Crippen LogP contribution < -0.4 is 5.73 Å². The van der Waals surface area contributed by atoms with E-state index >= 15 is 0 Å². The molecule has 1 heterocycles. The average molecular weight is 183 g/mol. The Morgan fingerprint density at radius 2 is 1.92 bits per heavy atom. The zero-order valence-corrected chi connectivity index (χ0v) is 9.05. The zero-order valence-electron chi connectivity index (χ0n) is 9.05. The minimum atomic E-state index is 0.378. The number of piperidine rings is 1. The maximum Gasteiger partial charge on any atom is 0.0165 e. The molecule has 0 aromatic heterocycles. The Bertz CT molecular complexity index is 128. The van der Waals surface area contributed by atoms with Gasteiger partial charge in [0.05, 0.1) is 0 Å². The fraction of sp³-hybridized carbons (Fsp3) is 0.909. The van der Waals surface area contributed by atoms with Crippen molar-refractivity contribution < 1.29 is 0 Å². The minimum Gasteiger partial charge on any atom is -0.327 e. The van der Waals surface area contributed by atoms with Crippen LogP contribution in [0.3, 0.4) is 0 Å². The van der Waals surface area contributed by atoms with Crippen LogP contribution in [-0.4, -0.2) is 30.6 Å². The van der Waals surface area contributed by atoms with E-state index in [1.807, 2.05) is 0 Å². The summed E-state index contributed by atoms with van der Waals surface area (Å²) < 4.78 is 0. The molecule has 1 aliphatic rings. The van der Waals surface area contributed by atoms with Crippen LogP contribution in [0.5, 0.6) is 0 Å². The number of nitrogens with two attached hydrogens (primary N) is 1. The highest BCUT2D eigenvalue weighted by Gasteiger charge is 2.11. The molecular weight excluding hydrogens is 160 g/mol. The normalized spacial score (nSPS) is 23.3. The fourth-order valence-corrected chi connectivity index (χ4v) is 1.87. The van der Waals surface area contributed by atoms with Gasteiger partial charge in [-0.3, -0.25) is 0 Å². The van der Waals surface area contributed by atoms with E-state index in [1.165, 1.54) is 32.4 Å². The second-order valence-electron chi connectivity index (χ2n) is 4.07. The molecule has 0 amide bonds. The van der Waals surface area contributed by atoms with Gasteiger partial charge in [-0.05, 0) is 19.5 Å². The molecule has 1 fully saturated rings. The topological polar surface area (TPSA) is 29.3 Å². The Kier molecular flexibility index (Phi) is 4.74. The van der Waals surface area contributed by atoms with E-state index < -0.39 is 0 Å². The van der Waals surface area contributed by atoms with Crippen molar-refractivity contribution in [3.05, 3.63) is 5.92 Å². The van der Waals surface area contributed by atoms with Gasteiger partial charge in [-0.15, -0.1) is 0 Å². The van der Waals surface area contributed by atoms with Crippen LogP contribution in [0.15, 0.2) is 0 Å². The predicted octanol–water partition coefficient (Wildman–Crippen LogP) is 1.80. The average Bonchev–Trinajstić information content (AvgIpc) is 2.19. The van der Waals surface area contributed by atoms with Gasteiger partial charge in [-0.1, -0.05) is 13.8 Å². The molecular formula is C11H23N2-. The van der Waals surface area contributed by atoms with E-state index in [9.17, 15) is 0 Å². The number of hydrogen-bond acceptors (Lipinski definition) is 2. The monoisotopic (exact) mass is 183 g/mol. The van der Waals surface area contributed by atoms with E-state index in [2.05, 4.69) is 18.7 Å². The molecule has 0 bridgehead atoms. The standard InChI is InChI=1S/C11H23N2/c1-3-10-5-7-13(8-6-10)9-11(12)4-2/h11H,3-9,12H2,1-2H3/q-1. The van der Waals surface area contributed by atoms with Crippen molar-refractivity contribution in [1.29, 1.82) is 0 Å². The first kappa shape index (κ1) is 11.0. The second kappa shape index (κ2) is 5.61. The summed E-state index contributed by atoms with van der Waals surface area (Å²) in [5, 5.41) is 0. The van der Waals surface area contributed by atoms with Gasteiger partial charge in [0.1, 0.15) is 0 Å². The molecule has 1 rings (SSSR count). The highest BCUT2D eigenvalue weighted by Crippen LogP contribution is 2.21. The Hall–Kier alpha value is -0.0800. The summed E-state index contributed by atoms with van der Waals surface area (Å²) in [5.74, 6) is 1.74. The summed E-state index contributed by atoms with van der Waals surface area (Å²) in [6.07, 6.45) is 4.97. The molecule has 2 nitrogen and oxygen atoms in total. The van der Waals surface area contributed by atoms with Crippen LogP contribution in [0, 0.1) is 5.92 Å². The third kappa shape index (κ3) is 3.65. The van der Waals surface area contributed by atoms with Crippen LogP contribution in [0.4, 0.5) is 0 Å². The lowest BCUT2D eigenvalue weighted by Gasteiger charge is -2.41. The first-order chi connectivity index (χ1) is 6.26. The molecule has 1 atom stereocenters. The van der Waals surface area contributed by atoms with E-state index in [4.69, 9.17) is 5.73 Å². The van der Waals surface area contributed by atoms with Gasteiger partial charge < -0.3 is 16.6 Å². The maximum absolute atomic E-state index is 5.92. The lowest BCUT2D eigenvalue weighted by molar-refractivity contribution is 0.222. The van der Waals surface area contributed by atoms with Crippen molar-refractivity contribution in [2.24, 2.45) is 5.73 Å². The Balaban J connectivity index is 2.17. The van der Waals surface area contributed by atoms with E-state index in [0.29, 0.717) is 6.04 Å². The highest BCUT2D eigenvalue weighted by molar-refractivity contribution is 4.94. The fourth-order valence-electron chi connectivity index (χ4n) is 1.87. The molecule has 0 aromatic rings. The van der Waals surface area contributed by atoms with Gasteiger partial charge in [0.15, 0.2) is 0 Å². The Labute approximate surface area is 82.5 Å². The summed E-state index contributed by atoms with van der Waals surface area (Å²) in [6, 6.07) is 0.378. The molecule has 1 unspecified atom stereocenters. The van der Waals surface area contributed by atoms with Gasteiger partial charge in [0.25, 0.3) is 0 Å². The molecule has 0 radical (unpaired) electrons. The molecule has 13 heavy (non-hydrogen) atoms. The number of hydrogen-bond donors (Lipinski definition) is 1. The SMILES string of the molecule is CC[C-]1CCN(CC(N)CC)CC1. The van der Waals surface area contributed by atoms with Gasteiger partial charge >= 0.3 is 0 Å². The third-order valence-electron chi connectivity index (χ3n) is 3.08. The van der Waals surface area contributed by atoms with Crippen LogP contribution in [0.25, 0.3) is 0 Å². The van der Waals surface area contributed by atoms with Crippen molar-refractivity contribution in [2.45, 2.75) is 45.6 Å². The second-order valence-corrected chi connectivity index (χ2v) is 4.07. The third-order valence-corrected chi connectivity index (χ3v) is 3.08. The Morgan fingerprint density at radius 1 is 1.31 bits per heavy atom. The Morgan fingerprint density at radius 3 is 2.38 bits per heavy atom. The molecule has 1 aliphatic heterocycles. The van der Waals surface area contributed by atoms with Crippen LogP contribution in [0.1, 0.15) is 39.5 Å². The lowest BCUT2D eigenvalue weighted by Crippen LogP contribution is -2.41. The first-order valence-corrected chi connectivity index (χ1v) is 5.57. The van der Waals surface area contributed by atoms with Crippen LogP contribution in [0.2, 0.25) is 0 Å². The quantitative estimate of drug-likeness (QED) is 0.673. The van der Waals surface area contributed by atoms with E-state index in [0.717, 1.165) is 13.0 Å². The predicted molar refractivity (Wildman–Crippen MR) is 57.5 cm³/mol. The summed E-state index contributed by atoms with van der Waals surface area (Å²) in [6.45, 7) is 7.99. The van der Waals surface area contributed by atoms with Crippen molar-refractivity contribution in [3.63, 3.8) is 0 Å². The first-order valence-electron chi connectivity index (χ1n) is 5.57. The van der Waals surface area contributed by atoms with Crippen molar-refractivity contribution >= 4 is 0 Å². The molecule has 2 N–H and O–H groups in total. The molecule has 0 aliphatic carbocycles. The molecule has 0 aromatic carbocycles. The molecule has 1 saturated heterocycles. The van der Waals surface area contributed by atoms with E-state index in [1.54, 1.807) is 5.92 Å². The smallest absolute Gasteiger partial charge is 0.0165 e. The largest absolute Gasteiger partial charge is 0.327 e. The van der Waals surface area contributed by atoms with Gasteiger partial charge in [-0.25, -0.2) is 0 Å². The summed E-state index contributed by atoms with van der Waals surface area (Å²) in [5.41, 5.74) is 5.92. The van der Waals surface area contributed by atoms with Crippen molar-refractivity contribution in [1.82, 2.24) is 4.90 Å². The number of rotatable bonds is 4. The lowest BCUT2D eigenvalue weighted by atomic mass is 9.94. The van der Waals surface area contributed by atoms with Gasteiger partial charge in [0, 0.05) is 12.6 Å². The van der Waals surface area contributed by atoms with Crippen molar-refractivity contribution in [2.75, 3.05) is 19.6 Å². The molecule has 0 spiro atoms. The maximum atomic E-state index is 5.92. The molecule has 2 heteroatoms. The zero-order chi connectivity index (χ0) is 9.68. The molecule has 0 saturated carbocycles. The van der Waals surface area contributed by atoms with Crippen molar-refractivity contribution in [3.8, 4) is 0 Å². The van der Waals surface area contributed by atoms with Crippen LogP contribution >= 0.6 is 0 Å². The summed E-state index contributed by atoms with van der Waals surface area (Å²) in [4.78, 5) is 2.51. The summed E-state index contributed by atoms with van der Waals surface area (Å²) in [7, 11) is 0. The number of nitrogens with zero attached hydrogens (tertiary/aromatic N) is 1. The highest BCUT2D eigenvalue weighted by atomic mass is 15.1. The van der Waals surface area contributed by atoms with Gasteiger partial charge in [0.2, 0.25) is 0 Å².